The van der Waals surface area contributed by atoms with Gasteiger partial charge in [-0.1, -0.05) is 18.2 Å². The van der Waals surface area contributed by atoms with Gasteiger partial charge >= 0.3 is 12.1 Å². The summed E-state index contributed by atoms with van der Waals surface area (Å²) in [6.07, 6.45) is -3.42. The number of aromatic nitrogens is 1. The molecule has 7 heteroatoms. The number of hydrogen-bond donors (Lipinski definition) is 2. The Morgan fingerprint density at radius 3 is 2.50 bits per heavy atom. The standard InChI is InChI=1S/C13H9F3N2O2/c14-13(15,16)10-4-2-1-3-8(10)7-5-9(12(19)20)11(17)18-6-7/h1-6H,(H2,17,18)(H,19,20). The van der Waals surface area contributed by atoms with Crippen molar-refractivity contribution in [2.24, 2.45) is 0 Å². The van der Waals surface area contributed by atoms with E-state index in [-0.39, 0.29) is 22.5 Å². The molecule has 1 heterocycles. The number of alkyl halides is 3. The fraction of sp³-hybridized carbons (Fsp3) is 0.0769. The number of nitrogen functional groups attached to an aromatic ring is 1. The van der Waals surface area contributed by atoms with E-state index in [2.05, 4.69) is 4.98 Å². The maximum absolute atomic E-state index is 12.9. The molecule has 0 radical (unpaired) electrons. The summed E-state index contributed by atoms with van der Waals surface area (Å²) in [5, 5.41) is 8.92. The van der Waals surface area contributed by atoms with Crippen LogP contribution in [0, 0.1) is 0 Å². The van der Waals surface area contributed by atoms with Gasteiger partial charge in [-0.25, -0.2) is 9.78 Å². The molecular weight excluding hydrogens is 273 g/mol. The van der Waals surface area contributed by atoms with E-state index in [1.807, 2.05) is 0 Å². The zero-order valence-corrected chi connectivity index (χ0v) is 9.98. The number of rotatable bonds is 2. The van der Waals surface area contributed by atoms with Crippen LogP contribution in [0.4, 0.5) is 19.0 Å². The van der Waals surface area contributed by atoms with Gasteiger partial charge in [-0.2, -0.15) is 13.2 Å². The Kier molecular flexibility index (Phi) is 3.35. The van der Waals surface area contributed by atoms with Crippen LogP contribution in [0.3, 0.4) is 0 Å². The number of nitrogens with two attached hydrogens (primary N) is 1. The monoisotopic (exact) mass is 282 g/mol. The van der Waals surface area contributed by atoms with Crippen molar-refractivity contribution in [3.8, 4) is 11.1 Å². The van der Waals surface area contributed by atoms with Crippen molar-refractivity contribution in [1.29, 1.82) is 0 Å². The number of pyridine rings is 1. The molecule has 1 aromatic carbocycles. The Balaban J connectivity index is 2.64. The van der Waals surface area contributed by atoms with E-state index in [0.29, 0.717) is 0 Å². The minimum Gasteiger partial charge on any atom is -0.478 e. The molecule has 3 N–H and O–H groups in total. The van der Waals surface area contributed by atoms with Crippen molar-refractivity contribution >= 4 is 11.8 Å². The summed E-state index contributed by atoms with van der Waals surface area (Å²) in [6, 6.07) is 5.94. The van der Waals surface area contributed by atoms with Gasteiger partial charge in [0.2, 0.25) is 0 Å². The summed E-state index contributed by atoms with van der Waals surface area (Å²) in [5.74, 6) is -1.59. The summed E-state index contributed by atoms with van der Waals surface area (Å²) in [7, 11) is 0. The number of aromatic carboxylic acids is 1. The van der Waals surface area contributed by atoms with Crippen molar-refractivity contribution in [3.05, 3.63) is 47.7 Å². The highest BCUT2D eigenvalue weighted by Crippen LogP contribution is 2.37. The largest absolute Gasteiger partial charge is 0.478 e. The van der Waals surface area contributed by atoms with Crippen LogP contribution in [0.2, 0.25) is 0 Å². The second kappa shape index (κ2) is 4.84. The van der Waals surface area contributed by atoms with Crippen LogP contribution in [-0.4, -0.2) is 16.1 Å². The number of carboxylic acid groups (broad SMARTS) is 1. The van der Waals surface area contributed by atoms with Gasteiger partial charge in [-0.3, -0.25) is 0 Å². The molecule has 0 unspecified atom stereocenters. The quantitative estimate of drug-likeness (QED) is 0.887. The Labute approximate surface area is 111 Å². The highest BCUT2D eigenvalue weighted by atomic mass is 19.4. The van der Waals surface area contributed by atoms with Crippen LogP contribution in [-0.2, 0) is 6.18 Å². The molecular formula is C13H9F3N2O2. The number of carboxylic acids is 1. The average molecular weight is 282 g/mol. The van der Waals surface area contributed by atoms with Crippen LogP contribution in [0.25, 0.3) is 11.1 Å². The van der Waals surface area contributed by atoms with E-state index in [1.165, 1.54) is 18.2 Å². The molecule has 104 valence electrons. The third-order valence-corrected chi connectivity index (χ3v) is 2.69. The fourth-order valence-electron chi connectivity index (χ4n) is 1.78. The van der Waals surface area contributed by atoms with Crippen LogP contribution >= 0.6 is 0 Å². The lowest BCUT2D eigenvalue weighted by molar-refractivity contribution is -0.137. The van der Waals surface area contributed by atoms with Crippen molar-refractivity contribution in [1.82, 2.24) is 4.98 Å². The predicted molar refractivity (Wildman–Crippen MR) is 66.0 cm³/mol. The van der Waals surface area contributed by atoms with Crippen molar-refractivity contribution in [2.45, 2.75) is 6.18 Å². The first-order chi connectivity index (χ1) is 9.30. The summed E-state index contributed by atoms with van der Waals surface area (Å²) >= 11 is 0. The van der Waals surface area contributed by atoms with Gasteiger partial charge in [0.1, 0.15) is 11.4 Å². The number of nitrogens with zero attached hydrogens (tertiary/aromatic N) is 1. The minimum atomic E-state index is -4.54. The number of hydrogen-bond acceptors (Lipinski definition) is 3. The molecule has 0 aliphatic carbocycles. The Hall–Kier alpha value is -2.57. The molecule has 4 nitrogen and oxygen atoms in total. The van der Waals surface area contributed by atoms with Gasteiger partial charge in [0.15, 0.2) is 0 Å². The molecule has 1 aromatic heterocycles. The maximum atomic E-state index is 12.9. The third-order valence-electron chi connectivity index (χ3n) is 2.69. The van der Waals surface area contributed by atoms with E-state index in [4.69, 9.17) is 10.8 Å². The van der Waals surface area contributed by atoms with Crippen molar-refractivity contribution in [2.75, 3.05) is 5.73 Å². The van der Waals surface area contributed by atoms with Crippen LogP contribution in [0.15, 0.2) is 36.5 Å². The molecule has 0 fully saturated rings. The maximum Gasteiger partial charge on any atom is 0.417 e. The van der Waals surface area contributed by atoms with Gasteiger partial charge in [-0.05, 0) is 17.7 Å². The SMILES string of the molecule is Nc1ncc(-c2ccccc2C(F)(F)F)cc1C(=O)O. The third kappa shape index (κ3) is 2.56. The summed E-state index contributed by atoms with van der Waals surface area (Å²) in [6.45, 7) is 0. The number of halogens is 3. The number of benzene rings is 1. The lowest BCUT2D eigenvalue weighted by Gasteiger charge is -2.13. The first kappa shape index (κ1) is 13.9. The van der Waals surface area contributed by atoms with Crippen LogP contribution in [0.5, 0.6) is 0 Å². The second-order valence-electron chi connectivity index (χ2n) is 4.01. The molecule has 0 saturated heterocycles. The van der Waals surface area contributed by atoms with E-state index in [9.17, 15) is 18.0 Å². The van der Waals surface area contributed by atoms with Crippen LogP contribution < -0.4 is 5.73 Å². The predicted octanol–water partition coefficient (Wildman–Crippen LogP) is 3.05. The lowest BCUT2D eigenvalue weighted by atomic mass is 9.99. The molecule has 2 rings (SSSR count). The molecule has 0 saturated carbocycles. The van der Waals surface area contributed by atoms with E-state index < -0.39 is 17.7 Å². The molecule has 20 heavy (non-hydrogen) atoms. The van der Waals surface area contributed by atoms with Crippen LogP contribution in [0.1, 0.15) is 15.9 Å². The number of anilines is 1. The lowest BCUT2D eigenvalue weighted by Crippen LogP contribution is -2.08. The Morgan fingerprint density at radius 2 is 1.90 bits per heavy atom. The number of carbonyl (C=O) groups is 1. The fourth-order valence-corrected chi connectivity index (χ4v) is 1.78. The molecule has 0 amide bonds. The summed E-state index contributed by atoms with van der Waals surface area (Å²) < 4.78 is 38.7. The molecule has 0 aliphatic rings. The molecule has 0 bridgehead atoms. The summed E-state index contributed by atoms with van der Waals surface area (Å²) in [4.78, 5) is 14.6. The van der Waals surface area contributed by atoms with E-state index >= 15 is 0 Å². The smallest absolute Gasteiger partial charge is 0.417 e. The van der Waals surface area contributed by atoms with Gasteiger partial charge in [0.05, 0.1) is 5.56 Å². The van der Waals surface area contributed by atoms with Gasteiger partial charge in [0.25, 0.3) is 0 Å². The average Bonchev–Trinajstić information content (AvgIpc) is 2.38. The first-order valence-electron chi connectivity index (χ1n) is 5.46. The molecule has 0 aliphatic heterocycles. The van der Waals surface area contributed by atoms with Gasteiger partial charge in [-0.15, -0.1) is 0 Å². The molecule has 2 aromatic rings. The van der Waals surface area contributed by atoms with Crippen molar-refractivity contribution < 1.29 is 23.1 Å². The van der Waals surface area contributed by atoms with Gasteiger partial charge < -0.3 is 10.8 Å². The first-order valence-corrected chi connectivity index (χ1v) is 5.46. The Morgan fingerprint density at radius 1 is 1.25 bits per heavy atom. The zero-order chi connectivity index (χ0) is 14.9. The highest BCUT2D eigenvalue weighted by Gasteiger charge is 2.33. The molecule has 0 spiro atoms. The highest BCUT2D eigenvalue weighted by molar-refractivity contribution is 5.94. The summed E-state index contributed by atoms with van der Waals surface area (Å²) in [5.41, 5.74) is 4.09. The van der Waals surface area contributed by atoms with E-state index in [1.54, 1.807) is 0 Å². The molecule has 0 atom stereocenters. The normalized spacial score (nSPS) is 11.3. The van der Waals surface area contributed by atoms with E-state index in [0.717, 1.165) is 18.3 Å². The Bertz CT molecular complexity index is 669. The second-order valence-corrected chi connectivity index (χ2v) is 4.01. The minimum absolute atomic E-state index is 0.0459. The zero-order valence-electron chi connectivity index (χ0n) is 9.98. The topological polar surface area (TPSA) is 76.2 Å². The van der Waals surface area contributed by atoms with Crippen molar-refractivity contribution in [3.63, 3.8) is 0 Å². The van der Waals surface area contributed by atoms with Gasteiger partial charge in [0, 0.05) is 11.8 Å².